The van der Waals surface area contributed by atoms with Gasteiger partial charge in [0.1, 0.15) is 5.76 Å². The van der Waals surface area contributed by atoms with Crippen molar-refractivity contribution >= 4 is 5.91 Å². The van der Waals surface area contributed by atoms with Gasteiger partial charge in [-0.05, 0) is 25.0 Å². The molecule has 5 nitrogen and oxygen atoms in total. The predicted octanol–water partition coefficient (Wildman–Crippen LogP) is 1.08. The number of aryl methyl sites for hydroxylation is 1. The highest BCUT2D eigenvalue weighted by molar-refractivity contribution is 5.91. The number of carbonyl (C=O) groups is 1. The molecule has 1 saturated carbocycles. The lowest BCUT2D eigenvalue weighted by Crippen LogP contribution is -2.72. The number of nitrogens with one attached hydrogen (secondary N) is 1. The van der Waals surface area contributed by atoms with Crippen LogP contribution in [0.1, 0.15) is 36.1 Å². The van der Waals surface area contributed by atoms with Gasteiger partial charge in [0.05, 0.1) is 12.1 Å². The van der Waals surface area contributed by atoms with Crippen LogP contribution in [-0.2, 0) is 11.2 Å². The van der Waals surface area contributed by atoms with Crippen LogP contribution in [-0.4, -0.2) is 30.7 Å². The third-order valence-corrected chi connectivity index (χ3v) is 4.21. The van der Waals surface area contributed by atoms with Gasteiger partial charge in [0.25, 0.3) is 5.91 Å². The molecule has 2 aliphatic rings. The largest absolute Gasteiger partial charge is 0.456 e. The SMILES string of the molecule is CCc1ccc(C(=O)NC2C(N)C3CCCOC32)o1. The van der Waals surface area contributed by atoms with Gasteiger partial charge in [0.2, 0.25) is 0 Å². The van der Waals surface area contributed by atoms with E-state index in [0.29, 0.717) is 11.7 Å². The number of fused-ring (bicyclic) bond motifs is 1. The Morgan fingerprint density at radius 3 is 3.11 bits per heavy atom. The fourth-order valence-electron chi connectivity index (χ4n) is 3.04. The fraction of sp³-hybridized carbons (Fsp3) is 0.643. The Labute approximate surface area is 112 Å². The number of nitrogens with two attached hydrogens (primary N) is 1. The van der Waals surface area contributed by atoms with Crippen LogP contribution in [0.15, 0.2) is 16.5 Å². The van der Waals surface area contributed by atoms with Gasteiger partial charge < -0.3 is 20.2 Å². The molecule has 3 N–H and O–H groups in total. The van der Waals surface area contributed by atoms with Crippen molar-refractivity contribution in [3.63, 3.8) is 0 Å². The maximum atomic E-state index is 12.1. The van der Waals surface area contributed by atoms with E-state index in [9.17, 15) is 4.79 Å². The summed E-state index contributed by atoms with van der Waals surface area (Å²) in [7, 11) is 0. The van der Waals surface area contributed by atoms with E-state index < -0.39 is 0 Å². The Morgan fingerprint density at radius 1 is 1.53 bits per heavy atom. The van der Waals surface area contributed by atoms with E-state index >= 15 is 0 Å². The second kappa shape index (κ2) is 4.98. The molecule has 0 spiro atoms. The molecular weight excluding hydrogens is 244 g/mol. The minimum atomic E-state index is -0.201. The first-order valence-corrected chi connectivity index (χ1v) is 6.97. The lowest BCUT2D eigenvalue weighted by atomic mass is 9.68. The summed E-state index contributed by atoms with van der Waals surface area (Å²) in [6.45, 7) is 2.75. The first kappa shape index (κ1) is 12.7. The third kappa shape index (κ3) is 2.17. The molecule has 1 aromatic heterocycles. The molecule has 1 aliphatic carbocycles. The van der Waals surface area contributed by atoms with Gasteiger partial charge in [0.15, 0.2) is 5.76 Å². The number of hydrogen-bond donors (Lipinski definition) is 2. The van der Waals surface area contributed by atoms with Crippen molar-refractivity contribution in [2.75, 3.05) is 6.61 Å². The van der Waals surface area contributed by atoms with E-state index in [1.165, 1.54) is 0 Å². The van der Waals surface area contributed by atoms with E-state index in [2.05, 4.69) is 5.32 Å². The molecule has 1 aliphatic heterocycles. The Balaban J connectivity index is 1.63. The van der Waals surface area contributed by atoms with Crippen LogP contribution in [0.4, 0.5) is 0 Å². The van der Waals surface area contributed by atoms with Gasteiger partial charge in [0, 0.05) is 25.0 Å². The van der Waals surface area contributed by atoms with Crippen molar-refractivity contribution in [2.24, 2.45) is 11.7 Å². The van der Waals surface area contributed by atoms with Gasteiger partial charge in [-0.25, -0.2) is 0 Å². The fourth-order valence-corrected chi connectivity index (χ4v) is 3.04. The highest BCUT2D eigenvalue weighted by Gasteiger charge is 2.51. The van der Waals surface area contributed by atoms with Gasteiger partial charge in [-0.15, -0.1) is 0 Å². The summed E-state index contributed by atoms with van der Waals surface area (Å²) in [6, 6.07) is 3.44. The lowest BCUT2D eigenvalue weighted by molar-refractivity contribution is -0.117. The Kier molecular flexibility index (Phi) is 3.33. The van der Waals surface area contributed by atoms with Crippen LogP contribution in [0.5, 0.6) is 0 Å². The Hall–Kier alpha value is -1.33. The highest BCUT2D eigenvalue weighted by Crippen LogP contribution is 2.37. The van der Waals surface area contributed by atoms with E-state index in [4.69, 9.17) is 14.9 Å². The normalized spacial score (nSPS) is 33.4. The summed E-state index contributed by atoms with van der Waals surface area (Å²) in [5, 5.41) is 2.94. The number of rotatable bonds is 3. The van der Waals surface area contributed by atoms with Crippen LogP contribution < -0.4 is 11.1 Å². The third-order valence-electron chi connectivity index (χ3n) is 4.21. The molecule has 2 heterocycles. The van der Waals surface area contributed by atoms with Gasteiger partial charge in [-0.2, -0.15) is 0 Å². The number of ether oxygens (including phenoxy) is 1. The minimum Gasteiger partial charge on any atom is -0.456 e. The zero-order chi connectivity index (χ0) is 13.4. The van der Waals surface area contributed by atoms with E-state index in [0.717, 1.165) is 31.6 Å². The summed E-state index contributed by atoms with van der Waals surface area (Å²) in [4.78, 5) is 12.1. The summed E-state index contributed by atoms with van der Waals surface area (Å²) in [6.07, 6.45) is 3.02. The van der Waals surface area contributed by atoms with Crippen molar-refractivity contribution in [3.05, 3.63) is 23.7 Å². The maximum absolute atomic E-state index is 12.1. The van der Waals surface area contributed by atoms with E-state index in [-0.39, 0.29) is 24.1 Å². The molecule has 1 aromatic rings. The van der Waals surface area contributed by atoms with Gasteiger partial charge >= 0.3 is 0 Å². The van der Waals surface area contributed by atoms with Crippen molar-refractivity contribution < 1.29 is 13.9 Å². The Morgan fingerprint density at radius 2 is 2.37 bits per heavy atom. The number of amides is 1. The molecule has 3 rings (SSSR count). The van der Waals surface area contributed by atoms with Gasteiger partial charge in [-0.3, -0.25) is 4.79 Å². The van der Waals surface area contributed by atoms with Crippen molar-refractivity contribution in [2.45, 2.75) is 44.4 Å². The first-order valence-electron chi connectivity index (χ1n) is 6.97. The summed E-state index contributed by atoms with van der Waals surface area (Å²) < 4.78 is 11.1. The molecular formula is C14H20N2O3. The average molecular weight is 264 g/mol. The van der Waals surface area contributed by atoms with Crippen LogP contribution in [0.25, 0.3) is 0 Å². The number of carbonyl (C=O) groups excluding carboxylic acids is 1. The molecule has 4 unspecified atom stereocenters. The van der Waals surface area contributed by atoms with Crippen LogP contribution >= 0.6 is 0 Å². The summed E-state index contributed by atoms with van der Waals surface area (Å²) in [5.41, 5.74) is 6.11. The molecule has 4 atom stereocenters. The number of hydrogen-bond acceptors (Lipinski definition) is 4. The molecule has 1 saturated heterocycles. The molecule has 2 fully saturated rings. The first-order chi connectivity index (χ1) is 9.20. The molecule has 0 radical (unpaired) electrons. The van der Waals surface area contributed by atoms with Crippen LogP contribution in [0.3, 0.4) is 0 Å². The summed E-state index contributed by atoms with van der Waals surface area (Å²) in [5.74, 6) is 1.35. The zero-order valence-electron chi connectivity index (χ0n) is 11.1. The van der Waals surface area contributed by atoms with Gasteiger partial charge in [-0.1, -0.05) is 6.92 Å². The van der Waals surface area contributed by atoms with Crippen molar-refractivity contribution in [1.29, 1.82) is 0 Å². The smallest absolute Gasteiger partial charge is 0.287 e. The Bertz CT molecular complexity index is 471. The van der Waals surface area contributed by atoms with Crippen molar-refractivity contribution in [1.82, 2.24) is 5.32 Å². The molecule has 1 amide bonds. The second-order valence-corrected chi connectivity index (χ2v) is 5.34. The average Bonchev–Trinajstić information content (AvgIpc) is 2.93. The quantitative estimate of drug-likeness (QED) is 0.856. The van der Waals surface area contributed by atoms with Crippen LogP contribution in [0.2, 0.25) is 0 Å². The van der Waals surface area contributed by atoms with E-state index in [1.807, 2.05) is 13.0 Å². The number of furan rings is 1. The monoisotopic (exact) mass is 264 g/mol. The second-order valence-electron chi connectivity index (χ2n) is 5.34. The zero-order valence-corrected chi connectivity index (χ0v) is 11.1. The maximum Gasteiger partial charge on any atom is 0.287 e. The van der Waals surface area contributed by atoms with Crippen LogP contribution in [0, 0.1) is 5.92 Å². The molecule has 5 heteroatoms. The minimum absolute atomic E-state index is 0.00476. The lowest BCUT2D eigenvalue weighted by Gasteiger charge is -2.52. The van der Waals surface area contributed by atoms with Crippen molar-refractivity contribution in [3.8, 4) is 0 Å². The highest BCUT2D eigenvalue weighted by atomic mass is 16.5. The summed E-state index contributed by atoms with van der Waals surface area (Å²) >= 11 is 0. The molecule has 0 aromatic carbocycles. The standard InChI is InChI=1S/C14H20N2O3/c1-2-8-5-6-10(19-8)14(17)16-12-11(15)9-4-3-7-18-13(9)12/h5-6,9,11-13H,2-4,7,15H2,1H3,(H,16,17). The predicted molar refractivity (Wildman–Crippen MR) is 69.8 cm³/mol. The molecule has 19 heavy (non-hydrogen) atoms. The molecule has 0 bridgehead atoms. The molecule has 104 valence electrons. The van der Waals surface area contributed by atoms with E-state index in [1.54, 1.807) is 6.07 Å². The topological polar surface area (TPSA) is 77.5 Å².